The molecule has 1 aliphatic rings. The summed E-state index contributed by atoms with van der Waals surface area (Å²) in [5, 5.41) is 8.83. The van der Waals surface area contributed by atoms with E-state index in [0.29, 0.717) is 11.6 Å². The number of aromatic nitrogens is 1. The highest BCUT2D eigenvalue weighted by molar-refractivity contribution is 9.11. The van der Waals surface area contributed by atoms with Crippen molar-refractivity contribution in [3.8, 4) is 9.88 Å². The lowest BCUT2D eigenvalue weighted by Crippen LogP contribution is -2.48. The molecule has 0 radical (unpaired) electrons. The van der Waals surface area contributed by atoms with Crippen LogP contribution < -0.4 is 10.6 Å². The van der Waals surface area contributed by atoms with Crippen molar-refractivity contribution >= 4 is 44.5 Å². The maximum Gasteiger partial charge on any atom is 0.270 e. The smallest absolute Gasteiger partial charge is 0.270 e. The first-order valence-corrected chi connectivity index (χ1v) is 8.41. The molecule has 2 aromatic rings. The number of amides is 1. The third-order valence-corrected chi connectivity index (χ3v) is 5.57. The number of hydrogen-bond acceptors (Lipinski definition) is 5. The van der Waals surface area contributed by atoms with Crippen molar-refractivity contribution in [2.45, 2.75) is 0 Å². The highest BCUT2D eigenvalue weighted by Crippen LogP contribution is 2.33. The van der Waals surface area contributed by atoms with Crippen LogP contribution in [0.4, 0.5) is 0 Å². The first kappa shape index (κ1) is 13.2. The Morgan fingerprint density at radius 3 is 3.00 bits per heavy atom. The summed E-state index contributed by atoms with van der Waals surface area (Å²) in [6.45, 7) is 2.71. The molecule has 0 atom stereocenters. The van der Waals surface area contributed by atoms with E-state index in [9.17, 15) is 4.79 Å². The van der Waals surface area contributed by atoms with Crippen LogP contribution >= 0.6 is 38.6 Å². The minimum absolute atomic E-state index is 0.0787. The van der Waals surface area contributed by atoms with Gasteiger partial charge in [0.2, 0.25) is 0 Å². The fourth-order valence-corrected chi connectivity index (χ4v) is 4.00. The van der Waals surface area contributed by atoms with Crippen LogP contribution in [-0.4, -0.2) is 30.5 Å². The van der Waals surface area contributed by atoms with E-state index >= 15 is 0 Å². The van der Waals surface area contributed by atoms with Crippen molar-refractivity contribution < 1.29 is 4.79 Å². The zero-order valence-electron chi connectivity index (χ0n) is 9.98. The second-order valence-corrected chi connectivity index (χ2v) is 7.70. The molecule has 1 aliphatic heterocycles. The number of carbonyl (C=O) groups is 1. The maximum atomic E-state index is 11.9. The van der Waals surface area contributed by atoms with Gasteiger partial charge in [-0.15, -0.1) is 22.7 Å². The number of hydrogen-bond donors (Lipinski definition) is 2. The number of nitrogens with zero attached hydrogens (tertiary/aromatic N) is 1. The molecule has 100 valence electrons. The summed E-state index contributed by atoms with van der Waals surface area (Å²) in [5.41, 5.74) is 0.511. The molecular weight excluding hydrogens is 346 g/mol. The molecule has 19 heavy (non-hydrogen) atoms. The van der Waals surface area contributed by atoms with E-state index in [1.54, 1.807) is 11.3 Å². The minimum Gasteiger partial charge on any atom is -0.350 e. The summed E-state index contributed by atoms with van der Waals surface area (Å²) in [6, 6.07) is 4.00. The van der Waals surface area contributed by atoms with Crippen LogP contribution in [-0.2, 0) is 0 Å². The molecule has 1 fully saturated rings. The molecular formula is C12H12BrN3OS2. The predicted octanol–water partition coefficient (Wildman–Crippen LogP) is 2.58. The summed E-state index contributed by atoms with van der Waals surface area (Å²) in [6.07, 6.45) is 0. The number of nitrogens with one attached hydrogen (secondary N) is 2. The van der Waals surface area contributed by atoms with Crippen molar-refractivity contribution in [2.75, 3.05) is 19.6 Å². The van der Waals surface area contributed by atoms with E-state index in [0.717, 1.165) is 33.3 Å². The predicted molar refractivity (Wildman–Crippen MR) is 81.8 cm³/mol. The Kier molecular flexibility index (Phi) is 3.97. The van der Waals surface area contributed by atoms with Crippen LogP contribution in [0.2, 0.25) is 0 Å². The number of thiophene rings is 1. The van der Waals surface area contributed by atoms with Crippen molar-refractivity contribution in [2.24, 2.45) is 5.92 Å². The average Bonchev–Trinajstić information content (AvgIpc) is 2.94. The van der Waals surface area contributed by atoms with Crippen molar-refractivity contribution in [3.05, 3.63) is 27.0 Å². The Hall–Kier alpha value is -0.760. The standard InChI is InChI=1S/C12H12BrN3OS2/c13-10-2-1-9(19-10)12-16-8(6-18-12)11(17)15-5-7-3-14-4-7/h1-2,6-7,14H,3-5H2,(H,15,17). The molecule has 0 unspecified atom stereocenters. The van der Waals surface area contributed by atoms with Crippen LogP contribution in [0.1, 0.15) is 10.5 Å². The second-order valence-electron chi connectivity index (χ2n) is 4.38. The molecule has 2 aromatic heterocycles. The van der Waals surface area contributed by atoms with Gasteiger partial charge in [0, 0.05) is 30.9 Å². The average molecular weight is 358 g/mol. The fraction of sp³-hybridized carbons (Fsp3) is 0.333. The van der Waals surface area contributed by atoms with Gasteiger partial charge in [0.1, 0.15) is 10.7 Å². The van der Waals surface area contributed by atoms with Gasteiger partial charge in [-0.3, -0.25) is 4.79 Å². The van der Waals surface area contributed by atoms with Gasteiger partial charge in [-0.25, -0.2) is 4.98 Å². The van der Waals surface area contributed by atoms with Gasteiger partial charge >= 0.3 is 0 Å². The topological polar surface area (TPSA) is 54.0 Å². The van der Waals surface area contributed by atoms with E-state index in [-0.39, 0.29) is 5.91 Å². The molecule has 0 saturated carbocycles. The molecule has 1 amide bonds. The zero-order chi connectivity index (χ0) is 13.2. The number of thiazole rings is 1. The lowest BCUT2D eigenvalue weighted by molar-refractivity contribution is 0.0938. The molecule has 0 spiro atoms. The molecule has 1 saturated heterocycles. The van der Waals surface area contributed by atoms with E-state index in [4.69, 9.17) is 0 Å². The first-order valence-electron chi connectivity index (χ1n) is 5.92. The van der Waals surface area contributed by atoms with Crippen LogP contribution in [0.15, 0.2) is 21.3 Å². The van der Waals surface area contributed by atoms with Gasteiger partial charge in [-0.05, 0) is 28.1 Å². The Morgan fingerprint density at radius 2 is 2.37 bits per heavy atom. The molecule has 3 heterocycles. The zero-order valence-corrected chi connectivity index (χ0v) is 13.2. The fourth-order valence-electron chi connectivity index (χ4n) is 1.74. The van der Waals surface area contributed by atoms with E-state index in [1.807, 2.05) is 17.5 Å². The Bertz CT molecular complexity index is 591. The third-order valence-electron chi connectivity index (χ3n) is 2.94. The van der Waals surface area contributed by atoms with E-state index < -0.39 is 0 Å². The summed E-state index contributed by atoms with van der Waals surface area (Å²) < 4.78 is 1.07. The lowest BCUT2D eigenvalue weighted by atomic mass is 10.0. The van der Waals surface area contributed by atoms with E-state index in [1.165, 1.54) is 11.3 Å². The highest BCUT2D eigenvalue weighted by atomic mass is 79.9. The summed E-state index contributed by atoms with van der Waals surface area (Å²) >= 11 is 6.56. The van der Waals surface area contributed by atoms with Gasteiger partial charge in [0.05, 0.1) is 8.66 Å². The molecule has 3 rings (SSSR count). The number of halogens is 1. The lowest BCUT2D eigenvalue weighted by Gasteiger charge is -2.26. The number of rotatable bonds is 4. The van der Waals surface area contributed by atoms with Gasteiger partial charge < -0.3 is 10.6 Å². The summed E-state index contributed by atoms with van der Waals surface area (Å²) in [5.74, 6) is 0.486. The van der Waals surface area contributed by atoms with Crippen LogP contribution in [0.3, 0.4) is 0 Å². The Labute approximate surface area is 127 Å². The second kappa shape index (κ2) is 5.70. The molecule has 0 aromatic carbocycles. The SMILES string of the molecule is O=C(NCC1CNC1)c1csc(-c2ccc(Br)s2)n1. The minimum atomic E-state index is -0.0787. The van der Waals surface area contributed by atoms with Gasteiger partial charge in [-0.2, -0.15) is 0 Å². The first-order chi connectivity index (χ1) is 9.22. The monoisotopic (exact) mass is 357 g/mol. The molecule has 2 N–H and O–H groups in total. The summed E-state index contributed by atoms with van der Waals surface area (Å²) in [7, 11) is 0. The van der Waals surface area contributed by atoms with Gasteiger partial charge in [0.25, 0.3) is 5.91 Å². The van der Waals surface area contributed by atoms with E-state index in [2.05, 4.69) is 31.5 Å². The normalized spacial score (nSPS) is 15.2. The van der Waals surface area contributed by atoms with Crippen molar-refractivity contribution in [1.82, 2.24) is 15.6 Å². The van der Waals surface area contributed by atoms with Gasteiger partial charge in [0.15, 0.2) is 0 Å². The Balaban J connectivity index is 1.64. The van der Waals surface area contributed by atoms with Crippen LogP contribution in [0, 0.1) is 5.92 Å². The van der Waals surface area contributed by atoms with Crippen LogP contribution in [0.25, 0.3) is 9.88 Å². The molecule has 7 heteroatoms. The highest BCUT2D eigenvalue weighted by Gasteiger charge is 2.19. The third kappa shape index (κ3) is 3.05. The molecule has 0 bridgehead atoms. The Morgan fingerprint density at radius 1 is 1.53 bits per heavy atom. The molecule has 0 aliphatic carbocycles. The maximum absolute atomic E-state index is 11.9. The quantitative estimate of drug-likeness (QED) is 0.883. The largest absolute Gasteiger partial charge is 0.350 e. The van der Waals surface area contributed by atoms with Crippen LogP contribution in [0.5, 0.6) is 0 Å². The number of carbonyl (C=O) groups excluding carboxylic acids is 1. The van der Waals surface area contributed by atoms with Crippen molar-refractivity contribution in [3.63, 3.8) is 0 Å². The molecule has 4 nitrogen and oxygen atoms in total. The summed E-state index contributed by atoms with van der Waals surface area (Å²) in [4.78, 5) is 17.4. The van der Waals surface area contributed by atoms with Gasteiger partial charge in [-0.1, -0.05) is 0 Å². The van der Waals surface area contributed by atoms with Crippen molar-refractivity contribution in [1.29, 1.82) is 0 Å².